The molecule has 2 atom stereocenters. The Labute approximate surface area is 146 Å². The first-order valence-corrected chi connectivity index (χ1v) is 8.71. The fourth-order valence-corrected chi connectivity index (χ4v) is 3.29. The molecule has 1 aliphatic rings. The van der Waals surface area contributed by atoms with Crippen LogP contribution in [-0.4, -0.2) is 29.0 Å². The van der Waals surface area contributed by atoms with Crippen molar-refractivity contribution in [2.45, 2.75) is 13.0 Å². The van der Waals surface area contributed by atoms with Gasteiger partial charge in [0.15, 0.2) is 0 Å². The molecule has 4 rings (SSSR count). The third kappa shape index (κ3) is 3.15. The molecule has 0 radical (unpaired) electrons. The molecule has 0 spiro atoms. The molecule has 3 aromatic rings. The van der Waals surface area contributed by atoms with Gasteiger partial charge in [0.05, 0.1) is 23.4 Å². The second kappa shape index (κ2) is 6.69. The maximum absolute atomic E-state index is 12.8. The molecule has 5 heteroatoms. The van der Waals surface area contributed by atoms with Gasteiger partial charge in [0.25, 0.3) is 0 Å². The molecular weight excluding hydrogens is 312 g/mol. The van der Waals surface area contributed by atoms with Crippen LogP contribution in [0.3, 0.4) is 0 Å². The Bertz CT molecular complexity index is 870. The lowest BCUT2D eigenvalue weighted by Crippen LogP contribution is -2.50. The summed E-state index contributed by atoms with van der Waals surface area (Å²) in [6, 6.07) is 16.0. The van der Waals surface area contributed by atoms with Crippen molar-refractivity contribution in [3.8, 4) is 0 Å². The van der Waals surface area contributed by atoms with E-state index in [-0.39, 0.29) is 17.9 Å². The lowest BCUT2D eigenvalue weighted by Gasteiger charge is -2.33. The van der Waals surface area contributed by atoms with E-state index < -0.39 is 0 Å². The molecule has 1 saturated heterocycles. The Morgan fingerprint density at radius 1 is 1.16 bits per heavy atom. The zero-order valence-electron chi connectivity index (χ0n) is 14.2. The molecule has 0 aliphatic carbocycles. The number of carbonyl (C=O) groups excluding carboxylic acids is 1. The van der Waals surface area contributed by atoms with E-state index in [2.05, 4.69) is 38.8 Å². The fraction of sp³-hybridized carbons (Fsp3) is 0.300. The maximum Gasteiger partial charge on any atom is 0.223 e. The molecule has 128 valence electrons. The third-order valence-electron chi connectivity index (χ3n) is 5.13. The molecule has 1 aromatic heterocycles. The smallest absolute Gasteiger partial charge is 0.223 e. The highest BCUT2D eigenvalue weighted by atomic mass is 16.1. The predicted molar refractivity (Wildman–Crippen MR) is 98.0 cm³/mol. The minimum absolute atomic E-state index is 0.00310. The van der Waals surface area contributed by atoms with Crippen molar-refractivity contribution in [1.82, 2.24) is 20.6 Å². The first-order chi connectivity index (χ1) is 12.2. The second-order valence-electron chi connectivity index (χ2n) is 6.74. The normalized spacial score (nSPS) is 17.0. The van der Waals surface area contributed by atoms with Gasteiger partial charge in [0, 0.05) is 5.92 Å². The highest BCUT2D eigenvalue weighted by Crippen LogP contribution is 2.26. The number of imidazole rings is 1. The van der Waals surface area contributed by atoms with Gasteiger partial charge < -0.3 is 15.6 Å². The average molecular weight is 334 g/mol. The van der Waals surface area contributed by atoms with Gasteiger partial charge in [-0.1, -0.05) is 43.3 Å². The Hall–Kier alpha value is -2.66. The van der Waals surface area contributed by atoms with Crippen LogP contribution in [0.25, 0.3) is 11.0 Å². The summed E-state index contributed by atoms with van der Waals surface area (Å²) in [5.74, 6) is 0.528. The molecule has 1 aliphatic heterocycles. The molecule has 1 amide bonds. The molecule has 2 unspecified atom stereocenters. The Kier molecular flexibility index (Phi) is 4.24. The Morgan fingerprint density at radius 3 is 2.68 bits per heavy atom. The van der Waals surface area contributed by atoms with Crippen LogP contribution < -0.4 is 10.6 Å². The van der Waals surface area contributed by atoms with Crippen molar-refractivity contribution in [2.24, 2.45) is 11.8 Å². The summed E-state index contributed by atoms with van der Waals surface area (Å²) in [7, 11) is 0. The second-order valence-corrected chi connectivity index (χ2v) is 6.74. The lowest BCUT2D eigenvalue weighted by atomic mass is 9.87. The number of hydrogen-bond donors (Lipinski definition) is 3. The van der Waals surface area contributed by atoms with E-state index in [0.29, 0.717) is 5.92 Å². The van der Waals surface area contributed by atoms with Crippen molar-refractivity contribution >= 4 is 16.9 Å². The minimum atomic E-state index is -0.170. The molecule has 3 N–H and O–H groups in total. The first kappa shape index (κ1) is 15.8. The van der Waals surface area contributed by atoms with Crippen molar-refractivity contribution < 1.29 is 4.79 Å². The van der Waals surface area contributed by atoms with Crippen LogP contribution in [0.15, 0.2) is 54.9 Å². The monoisotopic (exact) mass is 334 g/mol. The fourth-order valence-electron chi connectivity index (χ4n) is 3.29. The number of fused-ring (bicyclic) bond motifs is 1. The van der Waals surface area contributed by atoms with Gasteiger partial charge in [-0.2, -0.15) is 0 Å². The van der Waals surface area contributed by atoms with E-state index in [1.54, 1.807) is 6.33 Å². The van der Waals surface area contributed by atoms with Gasteiger partial charge in [0.2, 0.25) is 5.91 Å². The molecule has 0 saturated carbocycles. The number of H-pyrrole nitrogens is 1. The minimum Gasteiger partial charge on any atom is -0.345 e. The number of rotatable bonds is 5. The van der Waals surface area contributed by atoms with Crippen LogP contribution in [0, 0.1) is 11.8 Å². The Morgan fingerprint density at radius 2 is 1.96 bits per heavy atom. The zero-order chi connectivity index (χ0) is 17.2. The topological polar surface area (TPSA) is 69.8 Å². The van der Waals surface area contributed by atoms with Crippen molar-refractivity contribution in [3.63, 3.8) is 0 Å². The number of nitrogens with zero attached hydrogens (tertiary/aromatic N) is 1. The summed E-state index contributed by atoms with van der Waals surface area (Å²) in [6.45, 7) is 3.86. The standard InChI is InChI=1S/C20H22N4O/c1-13(16-10-21-11-16)20(25)24-19(14-5-3-2-4-6-14)15-7-8-17-18(9-15)23-12-22-17/h2-9,12-13,16,19,21H,10-11H2,1H3,(H,22,23)(H,24,25). The van der Waals surface area contributed by atoms with Gasteiger partial charge in [-0.05, 0) is 42.3 Å². The van der Waals surface area contributed by atoms with E-state index >= 15 is 0 Å². The Balaban J connectivity index is 1.65. The average Bonchev–Trinajstić information content (AvgIpc) is 3.06. The van der Waals surface area contributed by atoms with E-state index in [4.69, 9.17) is 0 Å². The van der Waals surface area contributed by atoms with Crippen LogP contribution in [0.4, 0.5) is 0 Å². The number of aromatic amines is 1. The lowest BCUT2D eigenvalue weighted by molar-refractivity contribution is -0.127. The number of benzene rings is 2. The van der Waals surface area contributed by atoms with Crippen LogP contribution in [0.1, 0.15) is 24.1 Å². The van der Waals surface area contributed by atoms with Crippen molar-refractivity contribution in [1.29, 1.82) is 0 Å². The number of amides is 1. The number of nitrogens with one attached hydrogen (secondary N) is 3. The van der Waals surface area contributed by atoms with Crippen LogP contribution >= 0.6 is 0 Å². The molecular formula is C20H22N4O. The molecule has 25 heavy (non-hydrogen) atoms. The van der Waals surface area contributed by atoms with E-state index in [0.717, 1.165) is 35.2 Å². The van der Waals surface area contributed by atoms with Crippen molar-refractivity contribution in [2.75, 3.05) is 13.1 Å². The first-order valence-electron chi connectivity index (χ1n) is 8.71. The summed E-state index contributed by atoms with van der Waals surface area (Å²) in [5.41, 5.74) is 4.03. The predicted octanol–water partition coefficient (Wildman–Crippen LogP) is 2.62. The number of hydrogen-bond acceptors (Lipinski definition) is 3. The van der Waals surface area contributed by atoms with Crippen LogP contribution in [0.2, 0.25) is 0 Å². The van der Waals surface area contributed by atoms with Gasteiger partial charge >= 0.3 is 0 Å². The van der Waals surface area contributed by atoms with Gasteiger partial charge in [0.1, 0.15) is 0 Å². The van der Waals surface area contributed by atoms with Crippen LogP contribution in [0.5, 0.6) is 0 Å². The van der Waals surface area contributed by atoms with E-state index in [9.17, 15) is 4.79 Å². The number of carbonyl (C=O) groups is 1. The van der Waals surface area contributed by atoms with Gasteiger partial charge in [-0.15, -0.1) is 0 Å². The SMILES string of the molecule is CC(C(=O)NC(c1ccccc1)c1ccc2nc[nH]c2c1)C1CNC1. The number of aromatic nitrogens is 2. The van der Waals surface area contributed by atoms with E-state index in [1.165, 1.54) is 0 Å². The van der Waals surface area contributed by atoms with Gasteiger partial charge in [-0.3, -0.25) is 4.79 Å². The van der Waals surface area contributed by atoms with Crippen molar-refractivity contribution in [3.05, 3.63) is 66.0 Å². The molecule has 1 fully saturated rings. The van der Waals surface area contributed by atoms with Gasteiger partial charge in [-0.25, -0.2) is 4.98 Å². The maximum atomic E-state index is 12.8. The molecule has 2 aromatic carbocycles. The molecule has 2 heterocycles. The zero-order valence-corrected chi connectivity index (χ0v) is 14.2. The van der Waals surface area contributed by atoms with E-state index in [1.807, 2.05) is 37.3 Å². The molecule has 5 nitrogen and oxygen atoms in total. The summed E-state index contributed by atoms with van der Waals surface area (Å²) in [4.78, 5) is 20.2. The highest BCUT2D eigenvalue weighted by molar-refractivity contribution is 5.80. The largest absolute Gasteiger partial charge is 0.345 e. The quantitative estimate of drug-likeness (QED) is 0.672. The summed E-state index contributed by atoms with van der Waals surface area (Å²) in [6.07, 6.45) is 1.69. The molecule has 0 bridgehead atoms. The summed E-state index contributed by atoms with van der Waals surface area (Å²) < 4.78 is 0. The highest BCUT2D eigenvalue weighted by Gasteiger charge is 2.30. The summed E-state index contributed by atoms with van der Waals surface area (Å²) in [5, 5.41) is 6.49. The summed E-state index contributed by atoms with van der Waals surface area (Å²) >= 11 is 0. The third-order valence-corrected chi connectivity index (χ3v) is 5.13. The van der Waals surface area contributed by atoms with Crippen LogP contribution in [-0.2, 0) is 4.79 Å².